The summed E-state index contributed by atoms with van der Waals surface area (Å²) < 4.78 is 0. The van der Waals surface area contributed by atoms with Gasteiger partial charge in [0.2, 0.25) is 5.91 Å². The SMILES string of the molecule is CCN1CCN(c2ccc(NC(=O)C(C)Sc3ccccc3)c(C)c2)CC1. The quantitative estimate of drug-likeness (QED) is 0.756. The third kappa shape index (κ3) is 5.27. The van der Waals surface area contributed by atoms with Gasteiger partial charge >= 0.3 is 0 Å². The molecule has 4 nitrogen and oxygen atoms in total. The van der Waals surface area contributed by atoms with E-state index < -0.39 is 0 Å². The van der Waals surface area contributed by atoms with E-state index in [-0.39, 0.29) is 11.2 Å². The lowest BCUT2D eigenvalue weighted by molar-refractivity contribution is -0.115. The number of anilines is 2. The minimum absolute atomic E-state index is 0.0382. The maximum atomic E-state index is 12.6. The van der Waals surface area contributed by atoms with Crippen LogP contribution in [0.1, 0.15) is 19.4 Å². The summed E-state index contributed by atoms with van der Waals surface area (Å²) in [6.45, 7) is 11.7. The Morgan fingerprint density at radius 1 is 1.11 bits per heavy atom. The van der Waals surface area contributed by atoms with Crippen LogP contribution in [0.25, 0.3) is 0 Å². The smallest absolute Gasteiger partial charge is 0.237 e. The molecular weight excluding hydrogens is 354 g/mol. The van der Waals surface area contributed by atoms with E-state index in [0.717, 1.165) is 48.9 Å². The molecule has 1 heterocycles. The van der Waals surface area contributed by atoms with Crippen molar-refractivity contribution in [3.63, 3.8) is 0 Å². The van der Waals surface area contributed by atoms with Crippen LogP contribution in [0.4, 0.5) is 11.4 Å². The van der Waals surface area contributed by atoms with Crippen LogP contribution in [-0.2, 0) is 4.79 Å². The van der Waals surface area contributed by atoms with Gasteiger partial charge in [-0.3, -0.25) is 4.79 Å². The Hall–Kier alpha value is -1.98. The van der Waals surface area contributed by atoms with Crippen molar-refractivity contribution >= 4 is 29.0 Å². The van der Waals surface area contributed by atoms with Crippen molar-refractivity contribution in [1.29, 1.82) is 0 Å². The fourth-order valence-electron chi connectivity index (χ4n) is 3.30. The van der Waals surface area contributed by atoms with E-state index in [1.807, 2.05) is 43.3 Å². The Kier molecular flexibility index (Phi) is 6.80. The molecule has 5 heteroatoms. The number of carbonyl (C=O) groups is 1. The molecule has 2 aromatic rings. The first kappa shape index (κ1) is 19.8. The number of hydrogen-bond acceptors (Lipinski definition) is 4. The zero-order valence-corrected chi connectivity index (χ0v) is 17.3. The van der Waals surface area contributed by atoms with Crippen molar-refractivity contribution in [2.24, 2.45) is 0 Å². The number of nitrogens with zero attached hydrogens (tertiary/aromatic N) is 2. The molecule has 1 unspecified atom stereocenters. The number of benzene rings is 2. The summed E-state index contributed by atoms with van der Waals surface area (Å²) in [7, 11) is 0. The van der Waals surface area contributed by atoms with E-state index in [0.29, 0.717) is 0 Å². The van der Waals surface area contributed by atoms with E-state index in [1.165, 1.54) is 5.69 Å². The average Bonchev–Trinajstić information content (AvgIpc) is 2.70. The maximum Gasteiger partial charge on any atom is 0.237 e. The van der Waals surface area contributed by atoms with Gasteiger partial charge < -0.3 is 15.1 Å². The molecule has 0 saturated carbocycles. The van der Waals surface area contributed by atoms with Crippen LogP contribution >= 0.6 is 11.8 Å². The van der Waals surface area contributed by atoms with Crippen LogP contribution in [0, 0.1) is 6.92 Å². The number of nitrogens with one attached hydrogen (secondary N) is 1. The number of aryl methyl sites for hydroxylation is 1. The number of hydrogen-bond donors (Lipinski definition) is 1. The van der Waals surface area contributed by atoms with Crippen molar-refractivity contribution < 1.29 is 4.79 Å². The monoisotopic (exact) mass is 383 g/mol. The number of rotatable bonds is 6. The van der Waals surface area contributed by atoms with Crippen LogP contribution in [0.5, 0.6) is 0 Å². The van der Waals surface area contributed by atoms with Crippen LogP contribution < -0.4 is 10.2 Å². The number of amides is 1. The van der Waals surface area contributed by atoms with Gasteiger partial charge in [0.1, 0.15) is 0 Å². The molecule has 0 radical (unpaired) electrons. The first-order valence-electron chi connectivity index (χ1n) is 9.67. The summed E-state index contributed by atoms with van der Waals surface area (Å²) in [6, 6.07) is 16.4. The summed E-state index contributed by atoms with van der Waals surface area (Å²) in [4.78, 5) is 18.6. The predicted octanol–water partition coefficient (Wildman–Crippen LogP) is 4.26. The molecule has 0 aliphatic carbocycles. The molecule has 1 N–H and O–H groups in total. The van der Waals surface area contributed by atoms with Gasteiger partial charge in [0.25, 0.3) is 0 Å². The topological polar surface area (TPSA) is 35.6 Å². The zero-order chi connectivity index (χ0) is 19.2. The highest BCUT2D eigenvalue weighted by Crippen LogP contribution is 2.26. The van der Waals surface area contributed by atoms with Gasteiger partial charge in [-0.05, 0) is 56.3 Å². The van der Waals surface area contributed by atoms with Gasteiger partial charge in [-0.15, -0.1) is 11.8 Å². The number of likely N-dealkylation sites (N-methyl/N-ethyl adjacent to an activating group) is 1. The van der Waals surface area contributed by atoms with Gasteiger partial charge in [-0.25, -0.2) is 0 Å². The van der Waals surface area contributed by atoms with Crippen molar-refractivity contribution in [3.05, 3.63) is 54.1 Å². The molecule has 1 aliphatic heterocycles. The molecular formula is C22H29N3OS. The normalized spacial score (nSPS) is 16.2. The van der Waals surface area contributed by atoms with E-state index in [9.17, 15) is 4.79 Å². The highest BCUT2D eigenvalue weighted by molar-refractivity contribution is 8.00. The summed E-state index contributed by atoms with van der Waals surface area (Å²) >= 11 is 1.58. The van der Waals surface area contributed by atoms with Crippen LogP contribution in [0.3, 0.4) is 0 Å². The van der Waals surface area contributed by atoms with E-state index >= 15 is 0 Å². The van der Waals surface area contributed by atoms with E-state index in [1.54, 1.807) is 11.8 Å². The molecule has 1 aliphatic rings. The second-order valence-electron chi connectivity index (χ2n) is 6.98. The maximum absolute atomic E-state index is 12.6. The second kappa shape index (κ2) is 9.29. The summed E-state index contributed by atoms with van der Waals surface area (Å²) in [6.07, 6.45) is 0. The zero-order valence-electron chi connectivity index (χ0n) is 16.4. The molecule has 3 rings (SSSR count). The highest BCUT2D eigenvalue weighted by Gasteiger charge is 2.18. The first-order chi connectivity index (χ1) is 13.1. The minimum Gasteiger partial charge on any atom is -0.369 e. The molecule has 27 heavy (non-hydrogen) atoms. The number of carbonyl (C=O) groups excluding carboxylic acids is 1. The lowest BCUT2D eigenvalue weighted by atomic mass is 10.1. The Morgan fingerprint density at radius 2 is 1.81 bits per heavy atom. The van der Waals surface area contributed by atoms with Crippen molar-refractivity contribution in [2.45, 2.75) is 30.9 Å². The van der Waals surface area contributed by atoms with Crippen LogP contribution in [-0.4, -0.2) is 48.8 Å². The molecule has 1 atom stereocenters. The van der Waals surface area contributed by atoms with Crippen LogP contribution in [0.2, 0.25) is 0 Å². The van der Waals surface area contributed by atoms with E-state index in [2.05, 4.69) is 41.1 Å². The third-order valence-corrected chi connectivity index (χ3v) is 6.19. The molecule has 1 amide bonds. The summed E-state index contributed by atoms with van der Waals surface area (Å²) in [5.41, 5.74) is 3.25. The van der Waals surface area contributed by atoms with Gasteiger partial charge in [0.15, 0.2) is 0 Å². The molecule has 0 bridgehead atoms. The Bertz CT molecular complexity index is 757. The molecule has 144 valence electrons. The molecule has 2 aromatic carbocycles. The van der Waals surface area contributed by atoms with Crippen molar-refractivity contribution in [1.82, 2.24) is 4.90 Å². The highest BCUT2D eigenvalue weighted by atomic mass is 32.2. The fraction of sp³-hybridized carbons (Fsp3) is 0.409. The predicted molar refractivity (Wildman–Crippen MR) is 116 cm³/mol. The van der Waals surface area contributed by atoms with Gasteiger partial charge in [-0.1, -0.05) is 25.1 Å². The fourth-order valence-corrected chi connectivity index (χ4v) is 4.19. The van der Waals surface area contributed by atoms with Gasteiger partial charge in [0.05, 0.1) is 5.25 Å². The second-order valence-corrected chi connectivity index (χ2v) is 8.40. The molecule has 0 spiro atoms. The number of piperazine rings is 1. The largest absolute Gasteiger partial charge is 0.369 e. The average molecular weight is 384 g/mol. The molecule has 0 aromatic heterocycles. The van der Waals surface area contributed by atoms with Crippen LogP contribution in [0.15, 0.2) is 53.4 Å². The van der Waals surface area contributed by atoms with Gasteiger partial charge in [0, 0.05) is 42.4 Å². The molecule has 1 fully saturated rings. The Labute approximate surface area is 166 Å². The minimum atomic E-state index is -0.145. The van der Waals surface area contributed by atoms with Crippen molar-refractivity contribution in [3.8, 4) is 0 Å². The van der Waals surface area contributed by atoms with E-state index in [4.69, 9.17) is 0 Å². The first-order valence-corrected chi connectivity index (χ1v) is 10.6. The standard InChI is InChI=1S/C22H29N3OS/c1-4-24-12-14-25(15-13-24)19-10-11-21(17(2)16-19)23-22(26)18(3)27-20-8-6-5-7-9-20/h5-11,16,18H,4,12-15H2,1-3H3,(H,23,26). The summed E-state index contributed by atoms with van der Waals surface area (Å²) in [5.74, 6) is 0.0382. The molecule has 1 saturated heterocycles. The van der Waals surface area contributed by atoms with Crippen molar-refractivity contribution in [2.75, 3.05) is 42.9 Å². The Balaban J connectivity index is 1.59. The lowest BCUT2D eigenvalue weighted by Gasteiger charge is -2.35. The summed E-state index contributed by atoms with van der Waals surface area (Å²) in [5, 5.41) is 2.95. The lowest BCUT2D eigenvalue weighted by Crippen LogP contribution is -2.46. The Morgan fingerprint density at radius 3 is 2.44 bits per heavy atom. The third-order valence-electron chi connectivity index (χ3n) is 5.08. The number of thioether (sulfide) groups is 1. The van der Waals surface area contributed by atoms with Gasteiger partial charge in [-0.2, -0.15) is 0 Å².